The maximum Gasteiger partial charge on any atom is 0.278 e. The van der Waals surface area contributed by atoms with Crippen LogP contribution in [0.15, 0.2) is 0 Å². The molecule has 0 saturated heterocycles. The number of hydrogen-bond acceptors (Lipinski definition) is 6. The number of halogens is 2. The molecule has 11 heteroatoms. The third-order valence-corrected chi connectivity index (χ3v) is 7.55. The Kier molecular flexibility index (Phi) is 5.47. The van der Waals surface area contributed by atoms with E-state index in [0.717, 1.165) is 24.3 Å². The molecule has 2 amide bonds. The van der Waals surface area contributed by atoms with Crippen LogP contribution in [0.2, 0.25) is 0 Å². The second-order valence-corrected chi connectivity index (χ2v) is 10.0. The van der Waals surface area contributed by atoms with Crippen molar-refractivity contribution in [1.82, 2.24) is 24.9 Å². The molecule has 8 nitrogen and oxygen atoms in total. The predicted molar refractivity (Wildman–Crippen MR) is 114 cm³/mol. The summed E-state index contributed by atoms with van der Waals surface area (Å²) in [5, 5.41) is 16.6. The summed E-state index contributed by atoms with van der Waals surface area (Å²) in [5.74, 6) is -2.86. The molecular weight excluding hydrogens is 438 g/mol. The predicted octanol–water partition coefficient (Wildman–Crippen LogP) is 3.71. The summed E-state index contributed by atoms with van der Waals surface area (Å²) in [5.41, 5.74) is 1.48. The summed E-state index contributed by atoms with van der Waals surface area (Å²) in [4.78, 5) is 28.1. The Morgan fingerprint density at radius 1 is 1.19 bits per heavy atom. The minimum atomic E-state index is -2.58. The molecule has 0 unspecified atom stereocenters. The van der Waals surface area contributed by atoms with E-state index in [2.05, 4.69) is 20.6 Å². The quantitative estimate of drug-likeness (QED) is 0.704. The molecule has 32 heavy (non-hydrogen) atoms. The largest absolute Gasteiger partial charge is 0.335 e. The van der Waals surface area contributed by atoms with E-state index < -0.39 is 5.92 Å². The Balaban J connectivity index is 1.35. The first-order valence-electron chi connectivity index (χ1n) is 11.3. The van der Waals surface area contributed by atoms with Crippen molar-refractivity contribution in [2.24, 2.45) is 5.92 Å². The number of anilines is 1. The molecule has 0 aromatic carbocycles. The zero-order valence-electron chi connectivity index (χ0n) is 17.9. The van der Waals surface area contributed by atoms with Gasteiger partial charge in [-0.25, -0.2) is 8.78 Å². The Morgan fingerprint density at radius 3 is 2.59 bits per heavy atom. The molecule has 2 saturated carbocycles. The second kappa shape index (κ2) is 8.17. The van der Waals surface area contributed by atoms with Crippen LogP contribution in [0.3, 0.4) is 0 Å². The number of aryl methyl sites for hydroxylation is 1. The molecular formula is C21H26F2N6O2S. The van der Waals surface area contributed by atoms with Gasteiger partial charge < -0.3 is 4.90 Å². The maximum absolute atomic E-state index is 13.5. The van der Waals surface area contributed by atoms with Crippen LogP contribution in [0, 0.1) is 5.92 Å². The average molecular weight is 465 g/mol. The molecule has 0 radical (unpaired) electrons. The van der Waals surface area contributed by atoms with Gasteiger partial charge in [0.25, 0.3) is 11.8 Å². The highest BCUT2D eigenvalue weighted by Gasteiger charge is 2.41. The van der Waals surface area contributed by atoms with Gasteiger partial charge in [0.15, 0.2) is 5.69 Å². The Labute approximate surface area is 188 Å². The van der Waals surface area contributed by atoms with Crippen LogP contribution in [0.1, 0.15) is 82.9 Å². The fourth-order valence-electron chi connectivity index (χ4n) is 4.63. The molecule has 1 aliphatic heterocycles. The van der Waals surface area contributed by atoms with Crippen molar-refractivity contribution in [3.05, 3.63) is 22.0 Å². The van der Waals surface area contributed by atoms with Crippen LogP contribution in [0.25, 0.3) is 0 Å². The first-order valence-corrected chi connectivity index (χ1v) is 12.1. The van der Waals surface area contributed by atoms with Crippen molar-refractivity contribution in [2.75, 3.05) is 18.4 Å². The number of carbonyl (C=O) groups is 2. The first-order chi connectivity index (χ1) is 15.3. The van der Waals surface area contributed by atoms with E-state index in [4.69, 9.17) is 0 Å². The molecule has 5 rings (SSSR count). The number of carbonyl (C=O) groups excluding carboxylic acids is 2. The number of nitrogens with zero attached hydrogens (tertiary/aromatic N) is 5. The highest BCUT2D eigenvalue weighted by atomic mass is 32.1. The molecule has 3 heterocycles. The summed E-state index contributed by atoms with van der Waals surface area (Å²) in [6.07, 6.45) is 3.22. The van der Waals surface area contributed by atoms with E-state index in [-0.39, 0.29) is 42.2 Å². The van der Waals surface area contributed by atoms with Gasteiger partial charge in [-0.05, 0) is 43.9 Å². The number of nitrogens with one attached hydrogen (secondary N) is 1. The summed E-state index contributed by atoms with van der Waals surface area (Å²) < 4.78 is 28.6. The fraction of sp³-hybridized carbons (Fsp3) is 0.667. The first kappa shape index (κ1) is 21.4. The number of hydrogen-bond donors (Lipinski definition) is 1. The average Bonchev–Trinajstić information content (AvgIpc) is 3.37. The van der Waals surface area contributed by atoms with Crippen LogP contribution in [-0.4, -0.2) is 55.7 Å². The van der Waals surface area contributed by atoms with Gasteiger partial charge in [0, 0.05) is 31.5 Å². The minimum absolute atomic E-state index is 0.0883. The lowest BCUT2D eigenvalue weighted by atomic mass is 9.86. The van der Waals surface area contributed by atoms with Gasteiger partial charge in [0.1, 0.15) is 10.7 Å². The lowest BCUT2D eigenvalue weighted by Gasteiger charge is -2.34. The Bertz CT molecular complexity index is 1040. The smallest absolute Gasteiger partial charge is 0.278 e. The molecule has 0 bridgehead atoms. The number of aromatic nitrogens is 4. The summed E-state index contributed by atoms with van der Waals surface area (Å²) >= 11 is 1.32. The molecule has 2 aromatic heterocycles. The van der Waals surface area contributed by atoms with Gasteiger partial charge in [-0.3, -0.25) is 19.6 Å². The fourth-order valence-corrected chi connectivity index (χ4v) is 5.30. The van der Waals surface area contributed by atoms with Gasteiger partial charge in [0.2, 0.25) is 11.1 Å². The molecule has 2 fully saturated rings. The van der Waals surface area contributed by atoms with Gasteiger partial charge in [-0.2, -0.15) is 5.10 Å². The van der Waals surface area contributed by atoms with Gasteiger partial charge in [0.05, 0.1) is 6.54 Å². The minimum Gasteiger partial charge on any atom is -0.335 e. The van der Waals surface area contributed by atoms with Crippen LogP contribution in [0.4, 0.5) is 13.9 Å². The van der Waals surface area contributed by atoms with E-state index in [1.54, 1.807) is 9.58 Å². The molecule has 2 aliphatic carbocycles. The monoisotopic (exact) mass is 464 g/mol. The summed E-state index contributed by atoms with van der Waals surface area (Å²) in [6, 6.07) is 0. The van der Waals surface area contributed by atoms with E-state index >= 15 is 0 Å². The SMILES string of the molecule is CCc1nnc(NC(=O)c2nn3c(c2C2CC2)C(=O)N(CC2CCC(F)(F)CC2)CC3)s1. The normalized spacial score (nSPS) is 21.0. The number of amides is 2. The molecule has 0 spiro atoms. The van der Waals surface area contributed by atoms with Crippen molar-refractivity contribution >= 4 is 28.3 Å². The van der Waals surface area contributed by atoms with E-state index in [0.29, 0.717) is 48.9 Å². The summed E-state index contributed by atoms with van der Waals surface area (Å²) in [6.45, 7) is 3.42. The third kappa shape index (κ3) is 4.14. The molecule has 2 aromatic rings. The topological polar surface area (TPSA) is 93.0 Å². The highest BCUT2D eigenvalue weighted by molar-refractivity contribution is 7.15. The van der Waals surface area contributed by atoms with Gasteiger partial charge >= 0.3 is 0 Å². The van der Waals surface area contributed by atoms with Crippen LogP contribution in [-0.2, 0) is 13.0 Å². The lowest BCUT2D eigenvalue weighted by molar-refractivity contribution is -0.0482. The number of fused-ring (bicyclic) bond motifs is 1. The van der Waals surface area contributed by atoms with Crippen LogP contribution >= 0.6 is 11.3 Å². The van der Waals surface area contributed by atoms with E-state index in [1.807, 2.05) is 6.92 Å². The lowest BCUT2D eigenvalue weighted by Crippen LogP contribution is -2.44. The number of alkyl halides is 2. The molecule has 0 atom stereocenters. The van der Waals surface area contributed by atoms with E-state index in [1.165, 1.54) is 11.3 Å². The highest BCUT2D eigenvalue weighted by Crippen LogP contribution is 2.44. The van der Waals surface area contributed by atoms with Crippen molar-refractivity contribution in [2.45, 2.75) is 70.3 Å². The third-order valence-electron chi connectivity index (χ3n) is 6.57. The second-order valence-electron chi connectivity index (χ2n) is 8.97. The van der Waals surface area contributed by atoms with Crippen LogP contribution < -0.4 is 5.32 Å². The molecule has 1 N–H and O–H groups in total. The van der Waals surface area contributed by atoms with Crippen molar-refractivity contribution in [1.29, 1.82) is 0 Å². The summed E-state index contributed by atoms with van der Waals surface area (Å²) in [7, 11) is 0. The van der Waals surface area contributed by atoms with Crippen molar-refractivity contribution in [3.8, 4) is 0 Å². The van der Waals surface area contributed by atoms with E-state index in [9.17, 15) is 18.4 Å². The standard InChI is InChI=1S/C21H26F2N6O2S/c1-2-14-25-26-20(32-14)24-18(30)16-15(13-3-4-13)17-19(31)28(9-10-29(17)27-16)11-12-5-7-21(22,23)8-6-12/h12-13H,2-11H2,1H3,(H,24,26,30). The maximum atomic E-state index is 13.5. The number of rotatable bonds is 6. The van der Waals surface area contributed by atoms with Crippen molar-refractivity contribution in [3.63, 3.8) is 0 Å². The zero-order valence-corrected chi connectivity index (χ0v) is 18.8. The van der Waals surface area contributed by atoms with Gasteiger partial charge in [-0.1, -0.05) is 18.3 Å². The van der Waals surface area contributed by atoms with Gasteiger partial charge in [-0.15, -0.1) is 10.2 Å². The Hall–Kier alpha value is -2.43. The van der Waals surface area contributed by atoms with Crippen LogP contribution in [0.5, 0.6) is 0 Å². The Morgan fingerprint density at radius 2 is 1.94 bits per heavy atom. The molecule has 3 aliphatic rings. The zero-order chi connectivity index (χ0) is 22.5. The van der Waals surface area contributed by atoms with Crippen molar-refractivity contribution < 1.29 is 18.4 Å². The molecule has 172 valence electrons.